The molecule has 5 nitrogen and oxygen atoms in total. The van der Waals surface area contributed by atoms with Gasteiger partial charge in [-0.25, -0.2) is 4.79 Å². The topological polar surface area (TPSA) is 61.8 Å². The van der Waals surface area contributed by atoms with Gasteiger partial charge in [-0.2, -0.15) is 0 Å². The number of esters is 1. The number of ketones is 1. The predicted molar refractivity (Wildman–Crippen MR) is 110 cm³/mol. The molecular formula is C23H19ClO5. The molecule has 0 amide bonds. The van der Waals surface area contributed by atoms with E-state index in [-0.39, 0.29) is 30.1 Å². The Labute approximate surface area is 173 Å². The van der Waals surface area contributed by atoms with Gasteiger partial charge in [-0.15, -0.1) is 0 Å². The average Bonchev–Trinajstić information content (AvgIpc) is 2.77. The van der Waals surface area contributed by atoms with Crippen molar-refractivity contribution in [3.05, 3.63) is 94.5 Å². The van der Waals surface area contributed by atoms with Gasteiger partial charge < -0.3 is 14.2 Å². The van der Waals surface area contributed by atoms with Crippen LogP contribution in [0.25, 0.3) is 0 Å². The summed E-state index contributed by atoms with van der Waals surface area (Å²) in [5, 5.41) is 0.533. The summed E-state index contributed by atoms with van der Waals surface area (Å²) in [6.07, 6.45) is 0. The molecule has 148 valence electrons. The summed E-state index contributed by atoms with van der Waals surface area (Å²) < 4.78 is 15.9. The van der Waals surface area contributed by atoms with Gasteiger partial charge >= 0.3 is 5.97 Å². The van der Waals surface area contributed by atoms with Crippen LogP contribution in [-0.2, 0) is 4.74 Å². The molecule has 0 bridgehead atoms. The molecule has 0 radical (unpaired) electrons. The molecule has 3 aromatic carbocycles. The Kier molecular flexibility index (Phi) is 6.87. The zero-order valence-electron chi connectivity index (χ0n) is 15.8. The molecule has 6 heteroatoms. The zero-order valence-corrected chi connectivity index (χ0v) is 16.5. The zero-order chi connectivity index (χ0) is 20.6. The Morgan fingerprint density at radius 1 is 0.793 bits per heavy atom. The van der Waals surface area contributed by atoms with Crippen LogP contribution in [0.4, 0.5) is 0 Å². The van der Waals surface area contributed by atoms with Gasteiger partial charge in [-0.1, -0.05) is 29.8 Å². The number of hydrogen-bond donors (Lipinski definition) is 0. The smallest absolute Gasteiger partial charge is 0.339 e. The normalized spacial score (nSPS) is 10.3. The summed E-state index contributed by atoms with van der Waals surface area (Å²) in [6, 6.07) is 20.1. The number of halogens is 1. The van der Waals surface area contributed by atoms with E-state index in [1.807, 2.05) is 0 Å². The van der Waals surface area contributed by atoms with Crippen LogP contribution < -0.4 is 9.47 Å². The van der Waals surface area contributed by atoms with E-state index >= 15 is 0 Å². The molecule has 0 aliphatic heterocycles. The molecule has 0 aliphatic carbocycles. The van der Waals surface area contributed by atoms with Gasteiger partial charge in [0.05, 0.1) is 12.7 Å². The van der Waals surface area contributed by atoms with E-state index in [4.69, 9.17) is 25.8 Å². The van der Waals surface area contributed by atoms with Crippen molar-refractivity contribution in [2.24, 2.45) is 0 Å². The number of ether oxygens (including phenoxy) is 3. The predicted octanol–water partition coefficient (Wildman–Crippen LogP) is 4.82. The van der Waals surface area contributed by atoms with E-state index in [2.05, 4.69) is 0 Å². The summed E-state index contributed by atoms with van der Waals surface area (Å²) in [6.45, 7) is 0.236. The Balaban J connectivity index is 1.60. The highest BCUT2D eigenvalue weighted by atomic mass is 35.5. The maximum Gasteiger partial charge on any atom is 0.339 e. The second kappa shape index (κ2) is 9.75. The van der Waals surface area contributed by atoms with Crippen molar-refractivity contribution in [1.82, 2.24) is 0 Å². The van der Waals surface area contributed by atoms with Crippen molar-refractivity contribution in [2.45, 2.75) is 0 Å². The molecule has 0 aliphatic rings. The highest BCUT2D eigenvalue weighted by Crippen LogP contribution is 2.19. The third-order valence-electron chi connectivity index (χ3n) is 4.14. The third-order valence-corrected chi connectivity index (χ3v) is 4.39. The van der Waals surface area contributed by atoms with E-state index in [0.717, 1.165) is 5.75 Å². The van der Waals surface area contributed by atoms with Crippen molar-refractivity contribution in [3.63, 3.8) is 0 Å². The molecule has 0 spiro atoms. The molecule has 0 aromatic heterocycles. The summed E-state index contributed by atoms with van der Waals surface area (Å²) in [4.78, 5) is 25.2. The van der Waals surface area contributed by atoms with Crippen LogP contribution in [0.1, 0.15) is 26.3 Å². The molecule has 29 heavy (non-hydrogen) atoms. The van der Waals surface area contributed by atoms with Gasteiger partial charge in [-0.3, -0.25) is 4.79 Å². The third kappa shape index (κ3) is 5.36. The molecule has 0 saturated heterocycles. The Hall–Kier alpha value is -3.31. The van der Waals surface area contributed by atoms with Crippen LogP contribution in [0.5, 0.6) is 11.5 Å². The first-order valence-electron chi connectivity index (χ1n) is 8.92. The summed E-state index contributed by atoms with van der Waals surface area (Å²) in [5.41, 5.74) is 0.922. The van der Waals surface area contributed by atoms with Gasteiger partial charge in [0, 0.05) is 16.1 Å². The minimum Gasteiger partial charge on any atom is -0.497 e. The number of methoxy groups -OCH3 is 1. The van der Waals surface area contributed by atoms with Crippen LogP contribution in [0, 0.1) is 0 Å². The average molecular weight is 411 g/mol. The summed E-state index contributed by atoms with van der Waals surface area (Å²) in [7, 11) is 1.59. The minimum atomic E-state index is -0.582. The van der Waals surface area contributed by atoms with Crippen LogP contribution >= 0.6 is 11.6 Å². The van der Waals surface area contributed by atoms with Gasteiger partial charge in [0.25, 0.3) is 0 Å². The molecule has 0 atom stereocenters. The quantitative estimate of drug-likeness (QED) is 0.303. The highest BCUT2D eigenvalue weighted by molar-refractivity contribution is 6.30. The number of carbonyl (C=O) groups is 2. The first-order chi connectivity index (χ1) is 14.1. The number of benzene rings is 3. The molecule has 3 aromatic rings. The highest BCUT2D eigenvalue weighted by Gasteiger charge is 2.19. The van der Waals surface area contributed by atoms with E-state index in [1.165, 1.54) is 0 Å². The lowest BCUT2D eigenvalue weighted by Crippen LogP contribution is -2.16. The van der Waals surface area contributed by atoms with Gasteiger partial charge in [0.2, 0.25) is 0 Å². The Morgan fingerprint density at radius 2 is 1.41 bits per heavy atom. The van der Waals surface area contributed by atoms with Crippen LogP contribution in [-0.4, -0.2) is 32.1 Å². The largest absolute Gasteiger partial charge is 0.497 e. The molecule has 0 N–H and O–H groups in total. The molecule has 0 fully saturated rings. The molecular weight excluding hydrogens is 392 g/mol. The maximum atomic E-state index is 12.8. The number of carbonyl (C=O) groups excluding carboxylic acids is 2. The Morgan fingerprint density at radius 3 is 2.07 bits per heavy atom. The lowest BCUT2D eigenvalue weighted by atomic mass is 9.98. The second-order valence-corrected chi connectivity index (χ2v) is 6.48. The maximum absolute atomic E-state index is 12.8. The first kappa shape index (κ1) is 20.4. The fourth-order valence-corrected chi connectivity index (χ4v) is 2.79. The molecule has 0 saturated carbocycles. The molecule has 0 unspecified atom stereocenters. The van der Waals surface area contributed by atoms with Crippen molar-refractivity contribution >= 4 is 23.4 Å². The summed E-state index contributed by atoms with van der Waals surface area (Å²) in [5.74, 6) is 0.510. The van der Waals surface area contributed by atoms with Crippen LogP contribution in [0.2, 0.25) is 5.02 Å². The number of hydrogen-bond acceptors (Lipinski definition) is 5. The van der Waals surface area contributed by atoms with E-state index < -0.39 is 5.97 Å². The van der Waals surface area contributed by atoms with Crippen LogP contribution in [0.3, 0.4) is 0 Å². The van der Waals surface area contributed by atoms with Gasteiger partial charge in [0.15, 0.2) is 5.78 Å². The van der Waals surface area contributed by atoms with E-state index in [0.29, 0.717) is 16.3 Å². The van der Waals surface area contributed by atoms with E-state index in [1.54, 1.807) is 79.9 Å². The van der Waals surface area contributed by atoms with Crippen molar-refractivity contribution in [3.8, 4) is 11.5 Å². The molecule has 0 heterocycles. The van der Waals surface area contributed by atoms with Crippen molar-refractivity contribution in [2.75, 3.05) is 20.3 Å². The lowest BCUT2D eigenvalue weighted by Gasteiger charge is -2.10. The summed E-state index contributed by atoms with van der Waals surface area (Å²) >= 11 is 5.87. The lowest BCUT2D eigenvalue weighted by molar-refractivity contribution is 0.0448. The first-order valence-corrected chi connectivity index (χ1v) is 9.29. The fourth-order valence-electron chi connectivity index (χ4n) is 2.66. The second-order valence-electron chi connectivity index (χ2n) is 6.04. The number of rotatable bonds is 8. The van der Waals surface area contributed by atoms with Gasteiger partial charge in [0.1, 0.15) is 24.7 Å². The monoisotopic (exact) mass is 410 g/mol. The van der Waals surface area contributed by atoms with E-state index in [9.17, 15) is 9.59 Å². The van der Waals surface area contributed by atoms with Gasteiger partial charge in [-0.05, 0) is 54.6 Å². The molecule has 3 rings (SSSR count). The standard InChI is InChI=1S/C23H19ClO5/c1-27-18-10-12-19(13-11-18)28-14-15-29-23(26)21-5-3-2-4-20(21)22(25)16-6-8-17(24)9-7-16/h2-13H,14-15H2,1H3. The van der Waals surface area contributed by atoms with Crippen LogP contribution in [0.15, 0.2) is 72.8 Å². The Bertz CT molecular complexity index is 981. The van der Waals surface area contributed by atoms with Crippen molar-refractivity contribution < 1.29 is 23.8 Å². The van der Waals surface area contributed by atoms with Crippen molar-refractivity contribution in [1.29, 1.82) is 0 Å². The SMILES string of the molecule is COc1ccc(OCCOC(=O)c2ccccc2C(=O)c2ccc(Cl)cc2)cc1. The minimum absolute atomic E-state index is 0.0499. The fraction of sp³-hybridized carbons (Fsp3) is 0.130.